The van der Waals surface area contributed by atoms with Crippen LogP contribution >= 0.6 is 23.2 Å². The fourth-order valence-corrected chi connectivity index (χ4v) is 4.66. The van der Waals surface area contributed by atoms with E-state index in [0.717, 1.165) is 5.69 Å². The van der Waals surface area contributed by atoms with E-state index in [9.17, 15) is 8.42 Å². The molecular formula is C21H24Cl2N4O3S. The molecule has 0 saturated carbocycles. The standard InChI is InChI=1S/C21H24Cl2N4O3S/c1-5-27-20(13-24-21(27)30-16-8-6-7-15(11-16)26(3)4)14(2)25-31(28,29)17-9-10-18(22)19(23)12-17/h6-14,25H,5H2,1-4H3. The number of rotatable bonds is 8. The molecule has 1 aromatic heterocycles. The van der Waals surface area contributed by atoms with Crippen LogP contribution < -0.4 is 14.4 Å². The van der Waals surface area contributed by atoms with Crippen molar-refractivity contribution in [3.05, 3.63) is 64.4 Å². The number of hydrogen-bond donors (Lipinski definition) is 1. The predicted octanol–water partition coefficient (Wildman–Crippen LogP) is 5.11. The van der Waals surface area contributed by atoms with Crippen molar-refractivity contribution in [2.75, 3.05) is 19.0 Å². The molecule has 10 heteroatoms. The molecule has 0 bridgehead atoms. The van der Waals surface area contributed by atoms with E-state index >= 15 is 0 Å². The minimum Gasteiger partial charge on any atom is -0.425 e. The van der Waals surface area contributed by atoms with E-state index in [4.69, 9.17) is 27.9 Å². The third kappa shape index (κ3) is 5.33. The van der Waals surface area contributed by atoms with Gasteiger partial charge in [-0.05, 0) is 44.2 Å². The van der Waals surface area contributed by atoms with E-state index in [1.54, 1.807) is 13.1 Å². The van der Waals surface area contributed by atoms with Gasteiger partial charge < -0.3 is 9.64 Å². The molecule has 1 heterocycles. The number of anilines is 1. The number of nitrogens with one attached hydrogen (secondary N) is 1. The Morgan fingerprint density at radius 1 is 1.16 bits per heavy atom. The SMILES string of the molecule is CCn1c(C(C)NS(=O)(=O)c2ccc(Cl)c(Cl)c2)cnc1Oc1cccc(N(C)C)c1. The van der Waals surface area contributed by atoms with Crippen LogP contribution in [0, 0.1) is 0 Å². The van der Waals surface area contributed by atoms with Crippen molar-refractivity contribution in [3.8, 4) is 11.8 Å². The molecule has 0 spiro atoms. The maximum absolute atomic E-state index is 12.8. The molecular weight excluding hydrogens is 459 g/mol. The lowest BCUT2D eigenvalue weighted by molar-refractivity contribution is 0.408. The predicted molar refractivity (Wildman–Crippen MR) is 124 cm³/mol. The summed E-state index contributed by atoms with van der Waals surface area (Å²) >= 11 is 11.9. The second-order valence-electron chi connectivity index (χ2n) is 7.12. The Hall–Kier alpha value is -2.26. The molecule has 0 aliphatic heterocycles. The van der Waals surface area contributed by atoms with Gasteiger partial charge in [0.2, 0.25) is 10.0 Å². The van der Waals surface area contributed by atoms with Crippen molar-refractivity contribution >= 4 is 38.9 Å². The Kier molecular flexibility index (Phi) is 7.16. The highest BCUT2D eigenvalue weighted by molar-refractivity contribution is 7.89. The Bertz CT molecular complexity index is 1180. The van der Waals surface area contributed by atoms with Crippen LogP contribution in [0.15, 0.2) is 53.6 Å². The summed E-state index contributed by atoms with van der Waals surface area (Å²) in [7, 11) is 0.0833. The molecule has 0 aliphatic carbocycles. The van der Waals surface area contributed by atoms with Crippen LogP contribution in [0.1, 0.15) is 25.6 Å². The van der Waals surface area contributed by atoms with Gasteiger partial charge >= 0.3 is 6.01 Å². The molecule has 3 rings (SSSR count). The Balaban J connectivity index is 1.84. The second kappa shape index (κ2) is 9.48. The summed E-state index contributed by atoms with van der Waals surface area (Å²) in [6.45, 7) is 4.24. The molecule has 0 fully saturated rings. The van der Waals surface area contributed by atoms with Gasteiger partial charge in [-0.25, -0.2) is 18.1 Å². The average molecular weight is 483 g/mol. The highest BCUT2D eigenvalue weighted by Crippen LogP contribution is 2.29. The number of halogens is 2. The number of ether oxygens (including phenoxy) is 1. The first-order valence-electron chi connectivity index (χ1n) is 9.60. The fourth-order valence-electron chi connectivity index (χ4n) is 3.05. The molecule has 1 atom stereocenters. The van der Waals surface area contributed by atoms with Gasteiger partial charge in [-0.2, -0.15) is 0 Å². The van der Waals surface area contributed by atoms with Crippen molar-refractivity contribution < 1.29 is 13.2 Å². The van der Waals surface area contributed by atoms with E-state index in [2.05, 4.69) is 9.71 Å². The van der Waals surface area contributed by atoms with Crippen LogP contribution in [-0.4, -0.2) is 32.1 Å². The van der Waals surface area contributed by atoms with E-state index in [1.165, 1.54) is 18.2 Å². The molecule has 7 nitrogen and oxygen atoms in total. The summed E-state index contributed by atoms with van der Waals surface area (Å²) in [4.78, 5) is 6.37. The van der Waals surface area contributed by atoms with Crippen molar-refractivity contribution in [1.29, 1.82) is 0 Å². The molecule has 0 aliphatic rings. The minimum absolute atomic E-state index is 0.0355. The van der Waals surface area contributed by atoms with E-state index < -0.39 is 16.1 Å². The van der Waals surface area contributed by atoms with Crippen molar-refractivity contribution in [2.24, 2.45) is 0 Å². The van der Waals surface area contributed by atoms with Crippen LogP contribution in [-0.2, 0) is 16.6 Å². The largest absolute Gasteiger partial charge is 0.425 e. The highest BCUT2D eigenvalue weighted by Gasteiger charge is 2.23. The van der Waals surface area contributed by atoms with Gasteiger partial charge in [-0.3, -0.25) is 4.57 Å². The first kappa shape index (κ1) is 23.4. The maximum Gasteiger partial charge on any atom is 0.302 e. The summed E-state index contributed by atoms with van der Waals surface area (Å²) in [5.41, 5.74) is 1.67. The van der Waals surface area contributed by atoms with Crippen molar-refractivity contribution in [1.82, 2.24) is 14.3 Å². The Labute approximate surface area is 192 Å². The monoisotopic (exact) mass is 482 g/mol. The topological polar surface area (TPSA) is 76.5 Å². The number of hydrogen-bond acceptors (Lipinski definition) is 5. The van der Waals surface area contributed by atoms with Crippen LogP contribution in [0.4, 0.5) is 5.69 Å². The van der Waals surface area contributed by atoms with Gasteiger partial charge in [0.1, 0.15) is 5.75 Å². The number of benzene rings is 2. The lowest BCUT2D eigenvalue weighted by Gasteiger charge is -2.17. The molecule has 3 aromatic rings. The lowest BCUT2D eigenvalue weighted by Crippen LogP contribution is -2.28. The first-order chi connectivity index (χ1) is 14.6. The van der Waals surface area contributed by atoms with Crippen LogP contribution in [0.25, 0.3) is 0 Å². The van der Waals surface area contributed by atoms with Gasteiger partial charge in [0.05, 0.1) is 32.9 Å². The molecule has 2 aromatic carbocycles. The van der Waals surface area contributed by atoms with E-state index in [1.807, 2.05) is 54.8 Å². The van der Waals surface area contributed by atoms with Gasteiger partial charge in [0.15, 0.2) is 0 Å². The highest BCUT2D eigenvalue weighted by atomic mass is 35.5. The third-order valence-electron chi connectivity index (χ3n) is 4.69. The minimum atomic E-state index is -3.82. The molecule has 31 heavy (non-hydrogen) atoms. The number of aromatic nitrogens is 2. The molecule has 0 radical (unpaired) electrons. The molecule has 166 valence electrons. The molecule has 1 unspecified atom stereocenters. The third-order valence-corrected chi connectivity index (χ3v) is 6.96. The normalized spacial score (nSPS) is 12.6. The first-order valence-corrected chi connectivity index (χ1v) is 11.8. The van der Waals surface area contributed by atoms with E-state index in [0.29, 0.717) is 24.0 Å². The molecule has 0 amide bonds. The quantitative estimate of drug-likeness (QED) is 0.482. The maximum atomic E-state index is 12.8. The summed E-state index contributed by atoms with van der Waals surface area (Å²) in [6.07, 6.45) is 1.61. The zero-order chi connectivity index (χ0) is 22.8. The van der Waals surface area contributed by atoms with Gasteiger partial charge in [0, 0.05) is 32.4 Å². The van der Waals surface area contributed by atoms with Crippen LogP contribution in [0.2, 0.25) is 10.0 Å². The lowest BCUT2D eigenvalue weighted by atomic mass is 10.3. The zero-order valence-electron chi connectivity index (χ0n) is 17.6. The van der Waals surface area contributed by atoms with Crippen LogP contribution in [0.3, 0.4) is 0 Å². The zero-order valence-corrected chi connectivity index (χ0v) is 20.0. The summed E-state index contributed by atoms with van der Waals surface area (Å²) in [5, 5.41) is 0.462. The van der Waals surface area contributed by atoms with Crippen molar-refractivity contribution in [3.63, 3.8) is 0 Å². The average Bonchev–Trinajstić information content (AvgIpc) is 3.12. The summed E-state index contributed by atoms with van der Waals surface area (Å²) in [5.74, 6) is 0.641. The van der Waals surface area contributed by atoms with Crippen molar-refractivity contribution in [2.45, 2.75) is 31.3 Å². The smallest absolute Gasteiger partial charge is 0.302 e. The van der Waals surface area contributed by atoms with Crippen LogP contribution in [0.5, 0.6) is 11.8 Å². The van der Waals surface area contributed by atoms with E-state index in [-0.39, 0.29) is 14.9 Å². The summed E-state index contributed by atoms with van der Waals surface area (Å²) < 4.78 is 36.1. The molecule has 0 saturated heterocycles. The van der Waals surface area contributed by atoms with Gasteiger partial charge in [-0.15, -0.1) is 0 Å². The van der Waals surface area contributed by atoms with Gasteiger partial charge in [-0.1, -0.05) is 29.3 Å². The summed E-state index contributed by atoms with van der Waals surface area (Å²) in [6, 6.07) is 11.6. The molecule has 1 N–H and O–H groups in total. The number of imidazole rings is 1. The van der Waals surface area contributed by atoms with Gasteiger partial charge in [0.25, 0.3) is 0 Å². The Morgan fingerprint density at radius 2 is 1.90 bits per heavy atom. The number of nitrogens with zero attached hydrogens (tertiary/aromatic N) is 3. The Morgan fingerprint density at radius 3 is 2.55 bits per heavy atom. The number of sulfonamides is 1. The fraction of sp³-hybridized carbons (Fsp3) is 0.286. The second-order valence-corrected chi connectivity index (χ2v) is 9.65.